The van der Waals surface area contributed by atoms with Crippen LogP contribution in [0.25, 0.3) is 0 Å². The van der Waals surface area contributed by atoms with Gasteiger partial charge in [0.05, 0.1) is 6.04 Å². The first-order valence-corrected chi connectivity index (χ1v) is 7.23. The van der Waals surface area contributed by atoms with Crippen molar-refractivity contribution in [1.29, 1.82) is 0 Å². The van der Waals surface area contributed by atoms with Crippen LogP contribution in [0.15, 0.2) is 12.7 Å². The van der Waals surface area contributed by atoms with Crippen LogP contribution in [0.1, 0.15) is 51.0 Å². The summed E-state index contributed by atoms with van der Waals surface area (Å²) in [6, 6.07) is 0.0133. The molecule has 7 nitrogen and oxygen atoms in total. The molecule has 7 heteroatoms. The van der Waals surface area contributed by atoms with Gasteiger partial charge in [0.1, 0.15) is 24.3 Å². The standard InChI is InChI=1S/C14H23N7/c1-6-15-12-11(9(2)3)13(17-7-16-12)19-10(4)14-20-18-8-21(14)5/h7-10H,6H2,1-5H3,(H2,15,16,17,19). The van der Waals surface area contributed by atoms with Crippen LogP contribution in [0.4, 0.5) is 11.6 Å². The van der Waals surface area contributed by atoms with Gasteiger partial charge in [0.25, 0.3) is 0 Å². The van der Waals surface area contributed by atoms with Crippen LogP contribution < -0.4 is 10.6 Å². The average molecular weight is 289 g/mol. The normalized spacial score (nSPS) is 12.5. The van der Waals surface area contributed by atoms with Gasteiger partial charge in [0.15, 0.2) is 5.82 Å². The number of aromatic nitrogens is 5. The predicted molar refractivity (Wildman–Crippen MR) is 83.3 cm³/mol. The Morgan fingerprint density at radius 2 is 1.90 bits per heavy atom. The molecule has 114 valence electrons. The lowest BCUT2D eigenvalue weighted by Gasteiger charge is -2.20. The Bertz CT molecular complexity index is 591. The minimum absolute atomic E-state index is 0.0133. The van der Waals surface area contributed by atoms with E-state index in [0.29, 0.717) is 5.92 Å². The summed E-state index contributed by atoms with van der Waals surface area (Å²) in [5.41, 5.74) is 1.09. The number of hydrogen-bond donors (Lipinski definition) is 2. The van der Waals surface area contributed by atoms with E-state index in [1.807, 2.05) is 18.5 Å². The number of hydrogen-bond acceptors (Lipinski definition) is 6. The second-order valence-electron chi connectivity index (χ2n) is 5.34. The first kappa shape index (κ1) is 15.2. The van der Waals surface area contributed by atoms with Crippen LogP contribution >= 0.6 is 0 Å². The maximum atomic E-state index is 4.40. The lowest BCUT2D eigenvalue weighted by Crippen LogP contribution is -2.16. The number of rotatable bonds is 6. The van der Waals surface area contributed by atoms with Crippen molar-refractivity contribution >= 4 is 11.6 Å². The quantitative estimate of drug-likeness (QED) is 0.849. The molecule has 21 heavy (non-hydrogen) atoms. The molecule has 0 saturated carbocycles. The lowest BCUT2D eigenvalue weighted by atomic mass is 10.0. The van der Waals surface area contributed by atoms with Crippen molar-refractivity contribution in [2.24, 2.45) is 7.05 Å². The zero-order chi connectivity index (χ0) is 15.4. The van der Waals surface area contributed by atoms with Gasteiger partial charge in [-0.05, 0) is 19.8 Å². The highest BCUT2D eigenvalue weighted by atomic mass is 15.3. The van der Waals surface area contributed by atoms with Gasteiger partial charge in [-0.2, -0.15) is 0 Å². The monoisotopic (exact) mass is 289 g/mol. The van der Waals surface area contributed by atoms with Crippen molar-refractivity contribution in [2.75, 3.05) is 17.2 Å². The topological polar surface area (TPSA) is 80.6 Å². The Hall–Kier alpha value is -2.18. The number of nitrogens with zero attached hydrogens (tertiary/aromatic N) is 5. The Kier molecular flexibility index (Phi) is 4.72. The fourth-order valence-corrected chi connectivity index (χ4v) is 2.32. The molecule has 0 saturated heterocycles. The van der Waals surface area contributed by atoms with Crippen molar-refractivity contribution in [1.82, 2.24) is 24.7 Å². The highest BCUT2D eigenvalue weighted by Gasteiger charge is 2.18. The van der Waals surface area contributed by atoms with E-state index in [9.17, 15) is 0 Å². The van der Waals surface area contributed by atoms with Gasteiger partial charge < -0.3 is 15.2 Å². The molecule has 2 aromatic heterocycles. The molecule has 0 aromatic carbocycles. The van der Waals surface area contributed by atoms with Gasteiger partial charge in [-0.3, -0.25) is 0 Å². The molecule has 0 fully saturated rings. The molecule has 0 amide bonds. The second kappa shape index (κ2) is 6.51. The van der Waals surface area contributed by atoms with Crippen molar-refractivity contribution in [3.05, 3.63) is 24.0 Å². The third-order valence-electron chi connectivity index (χ3n) is 3.29. The minimum atomic E-state index is 0.0133. The molecular weight excluding hydrogens is 266 g/mol. The molecule has 0 aliphatic rings. The van der Waals surface area contributed by atoms with E-state index >= 15 is 0 Å². The van der Waals surface area contributed by atoms with E-state index in [1.165, 1.54) is 0 Å². The lowest BCUT2D eigenvalue weighted by molar-refractivity contribution is 0.711. The van der Waals surface area contributed by atoms with Gasteiger partial charge >= 0.3 is 0 Å². The Morgan fingerprint density at radius 1 is 1.19 bits per heavy atom. The zero-order valence-corrected chi connectivity index (χ0v) is 13.3. The van der Waals surface area contributed by atoms with E-state index in [4.69, 9.17) is 0 Å². The van der Waals surface area contributed by atoms with Crippen LogP contribution in [0.2, 0.25) is 0 Å². The van der Waals surface area contributed by atoms with Crippen LogP contribution in [0, 0.1) is 0 Å². The third-order valence-corrected chi connectivity index (χ3v) is 3.29. The Morgan fingerprint density at radius 3 is 2.48 bits per heavy atom. The molecule has 2 aromatic rings. The van der Waals surface area contributed by atoms with Gasteiger partial charge in [-0.1, -0.05) is 13.8 Å². The fourth-order valence-electron chi connectivity index (χ4n) is 2.32. The summed E-state index contributed by atoms with van der Waals surface area (Å²) in [5.74, 6) is 2.91. The second-order valence-corrected chi connectivity index (χ2v) is 5.34. The molecule has 0 radical (unpaired) electrons. The van der Waals surface area contributed by atoms with Crippen LogP contribution in [-0.2, 0) is 7.05 Å². The molecule has 1 unspecified atom stereocenters. The molecule has 2 N–H and O–H groups in total. The predicted octanol–water partition coefficient (Wildman–Crippen LogP) is 2.33. The number of aryl methyl sites for hydroxylation is 1. The van der Waals surface area contributed by atoms with E-state index in [-0.39, 0.29) is 6.04 Å². The van der Waals surface area contributed by atoms with Gasteiger partial charge in [0, 0.05) is 19.2 Å². The number of nitrogens with one attached hydrogen (secondary N) is 2. The van der Waals surface area contributed by atoms with Crippen LogP contribution in [0.5, 0.6) is 0 Å². The zero-order valence-electron chi connectivity index (χ0n) is 13.3. The van der Waals surface area contributed by atoms with E-state index < -0.39 is 0 Å². The summed E-state index contributed by atoms with van der Waals surface area (Å²) in [6.45, 7) is 9.20. The Labute approximate surface area is 125 Å². The summed E-state index contributed by atoms with van der Waals surface area (Å²) in [6.07, 6.45) is 3.27. The van der Waals surface area contributed by atoms with Crippen LogP contribution in [-0.4, -0.2) is 31.3 Å². The molecular formula is C14H23N7. The van der Waals surface area contributed by atoms with Gasteiger partial charge in [0.2, 0.25) is 0 Å². The molecule has 0 spiro atoms. The molecule has 2 rings (SSSR count). The first-order valence-electron chi connectivity index (χ1n) is 7.23. The molecule has 0 bridgehead atoms. The molecule has 0 aliphatic heterocycles. The highest BCUT2D eigenvalue weighted by Crippen LogP contribution is 2.30. The first-order chi connectivity index (χ1) is 10.0. The fraction of sp³-hybridized carbons (Fsp3) is 0.571. The summed E-state index contributed by atoms with van der Waals surface area (Å²) >= 11 is 0. The summed E-state index contributed by atoms with van der Waals surface area (Å²) < 4.78 is 1.90. The SMILES string of the molecule is CCNc1ncnc(NC(C)c2nncn2C)c1C(C)C. The largest absolute Gasteiger partial charge is 0.370 e. The van der Waals surface area contributed by atoms with Gasteiger partial charge in [-0.25, -0.2) is 9.97 Å². The summed E-state index contributed by atoms with van der Waals surface area (Å²) in [5, 5.41) is 14.8. The minimum Gasteiger partial charge on any atom is -0.370 e. The summed E-state index contributed by atoms with van der Waals surface area (Å²) in [4.78, 5) is 8.75. The van der Waals surface area contributed by atoms with Gasteiger partial charge in [-0.15, -0.1) is 10.2 Å². The molecule has 2 heterocycles. The van der Waals surface area contributed by atoms with Crippen molar-refractivity contribution in [3.8, 4) is 0 Å². The molecule has 0 aliphatic carbocycles. The third kappa shape index (κ3) is 3.29. The van der Waals surface area contributed by atoms with Crippen LogP contribution in [0.3, 0.4) is 0 Å². The molecule has 1 atom stereocenters. The maximum absolute atomic E-state index is 4.40. The van der Waals surface area contributed by atoms with E-state index in [2.05, 4.69) is 51.6 Å². The average Bonchev–Trinajstić information content (AvgIpc) is 2.85. The Balaban J connectivity index is 2.31. The highest BCUT2D eigenvalue weighted by molar-refractivity contribution is 5.59. The van der Waals surface area contributed by atoms with E-state index in [0.717, 1.165) is 29.6 Å². The maximum Gasteiger partial charge on any atom is 0.154 e. The van der Waals surface area contributed by atoms with Crippen molar-refractivity contribution in [2.45, 2.75) is 39.7 Å². The number of anilines is 2. The van der Waals surface area contributed by atoms with E-state index in [1.54, 1.807) is 12.7 Å². The summed E-state index contributed by atoms with van der Waals surface area (Å²) in [7, 11) is 1.93. The van der Waals surface area contributed by atoms with Crippen molar-refractivity contribution in [3.63, 3.8) is 0 Å². The smallest absolute Gasteiger partial charge is 0.154 e. The van der Waals surface area contributed by atoms with Crippen molar-refractivity contribution < 1.29 is 0 Å².